The summed E-state index contributed by atoms with van der Waals surface area (Å²) in [6.07, 6.45) is 23.8. The van der Waals surface area contributed by atoms with Gasteiger partial charge < -0.3 is 9.47 Å². The molecule has 41 heavy (non-hydrogen) atoms. The second kappa shape index (κ2) is 30.9. The van der Waals surface area contributed by atoms with Crippen molar-refractivity contribution in [2.24, 2.45) is 11.8 Å². The molecule has 2 unspecified atom stereocenters. The molecular weight excluding hydrogens is 615 g/mol. The van der Waals surface area contributed by atoms with Crippen LogP contribution in [0.5, 0.6) is 0 Å². The molecule has 0 aromatic rings. The van der Waals surface area contributed by atoms with Crippen molar-refractivity contribution in [2.75, 3.05) is 13.2 Å². The molecule has 0 N–H and O–H groups in total. The first-order valence-electron chi connectivity index (χ1n) is 17.5. The van der Waals surface area contributed by atoms with Gasteiger partial charge in [0.05, 0.1) is 13.2 Å². The molecule has 0 aliphatic carbocycles. The maximum absolute atomic E-state index is 13.6. The van der Waals surface area contributed by atoms with E-state index < -0.39 is 0 Å². The van der Waals surface area contributed by atoms with Crippen molar-refractivity contribution in [1.82, 2.24) is 0 Å². The number of carbonyl (C=O) groups excluding carboxylic acids is 2. The van der Waals surface area contributed by atoms with Crippen LogP contribution in [0.4, 0.5) is 0 Å². The molecule has 0 aliphatic heterocycles. The average molecular weight is 686 g/mol. The summed E-state index contributed by atoms with van der Waals surface area (Å²) in [5, 5.41) is 0. The van der Waals surface area contributed by atoms with Crippen LogP contribution in [0.1, 0.15) is 183 Å². The molecule has 0 saturated carbocycles. The van der Waals surface area contributed by atoms with Gasteiger partial charge in [0.1, 0.15) is 0 Å². The minimum atomic E-state index is -0.277. The van der Waals surface area contributed by atoms with E-state index in [0.29, 0.717) is 49.0 Å². The SMILES string of the molecule is CCCCCCCCOC(=O)/C(CC(CC)CCCC)=C(/CC(CC)CCCC)C(=O)OCCCCCCCC.[SnH2]. The van der Waals surface area contributed by atoms with E-state index in [0.717, 1.165) is 77.0 Å². The van der Waals surface area contributed by atoms with Crippen LogP contribution < -0.4 is 0 Å². The van der Waals surface area contributed by atoms with Gasteiger partial charge in [0.2, 0.25) is 0 Å². The van der Waals surface area contributed by atoms with Crippen LogP contribution in [0.3, 0.4) is 0 Å². The summed E-state index contributed by atoms with van der Waals surface area (Å²) >= 11 is 0. The molecule has 0 aliphatic rings. The first kappa shape index (κ1) is 42.6. The van der Waals surface area contributed by atoms with Gasteiger partial charge in [-0.05, 0) is 37.5 Å². The van der Waals surface area contributed by atoms with Gasteiger partial charge in [0, 0.05) is 11.1 Å². The monoisotopic (exact) mass is 686 g/mol. The van der Waals surface area contributed by atoms with Gasteiger partial charge >= 0.3 is 35.8 Å². The van der Waals surface area contributed by atoms with Crippen molar-refractivity contribution in [3.05, 3.63) is 11.1 Å². The van der Waals surface area contributed by atoms with E-state index in [1.165, 1.54) is 51.4 Å². The fraction of sp³-hybridized carbons (Fsp3) is 0.889. The Morgan fingerprint density at radius 2 is 0.780 bits per heavy atom. The van der Waals surface area contributed by atoms with Gasteiger partial charge in [-0.2, -0.15) is 0 Å². The zero-order valence-electron chi connectivity index (χ0n) is 28.5. The Hall–Kier alpha value is -0.521. The van der Waals surface area contributed by atoms with Gasteiger partial charge in [0.15, 0.2) is 0 Å². The summed E-state index contributed by atoms with van der Waals surface area (Å²) in [6.45, 7) is 14.1. The van der Waals surface area contributed by atoms with Crippen molar-refractivity contribution in [2.45, 2.75) is 183 Å². The zero-order chi connectivity index (χ0) is 29.8. The summed E-state index contributed by atoms with van der Waals surface area (Å²) < 4.78 is 11.7. The predicted molar refractivity (Wildman–Crippen MR) is 180 cm³/mol. The van der Waals surface area contributed by atoms with Gasteiger partial charge in [-0.1, -0.05) is 157 Å². The molecule has 0 saturated heterocycles. The van der Waals surface area contributed by atoms with E-state index >= 15 is 0 Å². The summed E-state index contributed by atoms with van der Waals surface area (Å²) in [6, 6.07) is 0. The fourth-order valence-corrected chi connectivity index (χ4v) is 5.39. The number of carbonyl (C=O) groups is 2. The molecule has 0 spiro atoms. The molecule has 242 valence electrons. The Kier molecular flexibility index (Phi) is 32.1. The molecule has 0 rings (SSSR count). The molecule has 0 heterocycles. The van der Waals surface area contributed by atoms with Crippen LogP contribution in [0.15, 0.2) is 11.1 Å². The van der Waals surface area contributed by atoms with E-state index in [4.69, 9.17) is 9.47 Å². The van der Waals surface area contributed by atoms with Crippen molar-refractivity contribution >= 4 is 35.8 Å². The Morgan fingerprint density at radius 3 is 1.10 bits per heavy atom. The maximum atomic E-state index is 13.6. The Balaban J connectivity index is 0. The third kappa shape index (κ3) is 22.7. The van der Waals surface area contributed by atoms with Gasteiger partial charge in [0.25, 0.3) is 0 Å². The summed E-state index contributed by atoms with van der Waals surface area (Å²) in [5.74, 6) is 0.211. The second-order valence-corrected chi connectivity index (χ2v) is 12.0. The molecule has 2 radical (unpaired) electrons. The molecule has 4 nitrogen and oxygen atoms in total. The van der Waals surface area contributed by atoms with E-state index in [-0.39, 0.29) is 35.8 Å². The first-order chi connectivity index (χ1) is 19.5. The fourth-order valence-electron chi connectivity index (χ4n) is 5.39. The average Bonchev–Trinajstić information content (AvgIpc) is 2.96. The Morgan fingerprint density at radius 1 is 0.463 bits per heavy atom. The minimum absolute atomic E-state index is 0. The molecule has 5 heteroatoms. The molecule has 2 atom stereocenters. The zero-order valence-corrected chi connectivity index (χ0v) is 32.5. The predicted octanol–water partition coefficient (Wildman–Crippen LogP) is 10.4. The van der Waals surface area contributed by atoms with E-state index in [2.05, 4.69) is 41.5 Å². The topological polar surface area (TPSA) is 52.6 Å². The molecule has 0 amide bonds. The first-order valence-corrected chi connectivity index (χ1v) is 17.5. The number of hydrogen-bond donors (Lipinski definition) is 0. The number of rotatable bonds is 28. The quantitative estimate of drug-likeness (QED) is 0.0356. The molecule has 0 aromatic carbocycles. The number of esters is 2. The van der Waals surface area contributed by atoms with Gasteiger partial charge in [-0.25, -0.2) is 9.59 Å². The normalized spacial score (nSPS) is 13.2. The van der Waals surface area contributed by atoms with Gasteiger partial charge in [-0.3, -0.25) is 0 Å². The van der Waals surface area contributed by atoms with Crippen LogP contribution in [0.2, 0.25) is 0 Å². The summed E-state index contributed by atoms with van der Waals surface area (Å²) in [7, 11) is 0. The van der Waals surface area contributed by atoms with Crippen molar-refractivity contribution in [3.63, 3.8) is 0 Å². The molecule has 0 fully saturated rings. The Bertz CT molecular complexity index is 591. The molecule has 0 aromatic heterocycles. The third-order valence-corrected chi connectivity index (χ3v) is 8.39. The summed E-state index contributed by atoms with van der Waals surface area (Å²) in [4.78, 5) is 27.2. The van der Waals surface area contributed by atoms with Crippen LogP contribution in [-0.2, 0) is 19.1 Å². The van der Waals surface area contributed by atoms with Crippen LogP contribution >= 0.6 is 0 Å². The van der Waals surface area contributed by atoms with Crippen molar-refractivity contribution in [1.29, 1.82) is 0 Å². The number of ether oxygens (including phenoxy) is 2. The number of unbranched alkanes of at least 4 members (excludes halogenated alkanes) is 12. The van der Waals surface area contributed by atoms with Crippen molar-refractivity contribution < 1.29 is 19.1 Å². The third-order valence-electron chi connectivity index (χ3n) is 8.39. The number of hydrogen-bond acceptors (Lipinski definition) is 4. The molecule has 0 bridgehead atoms. The second-order valence-electron chi connectivity index (χ2n) is 12.0. The van der Waals surface area contributed by atoms with Crippen LogP contribution in [0.25, 0.3) is 0 Å². The van der Waals surface area contributed by atoms with E-state index in [9.17, 15) is 9.59 Å². The van der Waals surface area contributed by atoms with E-state index in [1.807, 2.05) is 0 Å². The standard InChI is InChI=1S/C36H68O4.Sn.2H/c1-7-13-17-19-21-23-27-39-35(37)33(29-31(11-5)25-15-9-3)34(30-32(12-6)26-16-10-4)36(38)40-28-24-22-20-18-14-8-2;;;/h31-32H,7-30H2,1-6H3;;;/b34-33-;;;. The van der Waals surface area contributed by atoms with Crippen molar-refractivity contribution in [3.8, 4) is 0 Å². The van der Waals surface area contributed by atoms with Gasteiger partial charge in [-0.15, -0.1) is 0 Å². The van der Waals surface area contributed by atoms with Crippen LogP contribution in [0, 0.1) is 11.8 Å². The van der Waals surface area contributed by atoms with E-state index in [1.54, 1.807) is 0 Å². The summed E-state index contributed by atoms with van der Waals surface area (Å²) in [5.41, 5.74) is 1.22. The van der Waals surface area contributed by atoms with Crippen LogP contribution in [-0.4, -0.2) is 49.1 Å². The molecular formula is C36H70O4Sn. The Labute approximate surface area is 272 Å².